The van der Waals surface area contributed by atoms with Gasteiger partial charge in [-0.2, -0.15) is 5.10 Å². The Hall–Kier alpha value is -1.89. The van der Waals surface area contributed by atoms with Crippen LogP contribution in [0.2, 0.25) is 0 Å². The number of ether oxygens (including phenoxy) is 2. The van der Waals surface area contributed by atoms with Crippen LogP contribution in [0.15, 0.2) is 24.4 Å². The molecule has 2 heterocycles. The van der Waals surface area contributed by atoms with E-state index in [1.54, 1.807) is 7.11 Å². The second kappa shape index (κ2) is 8.47. The molecule has 25 heavy (non-hydrogen) atoms. The molecule has 136 valence electrons. The first kappa shape index (κ1) is 17.9. The molecule has 0 radical (unpaired) electrons. The van der Waals surface area contributed by atoms with E-state index in [0.29, 0.717) is 0 Å². The molecule has 1 fully saturated rings. The van der Waals surface area contributed by atoms with E-state index in [4.69, 9.17) is 9.47 Å². The van der Waals surface area contributed by atoms with Crippen LogP contribution < -0.4 is 10.1 Å². The number of aryl methyl sites for hydroxylation is 2. The monoisotopic (exact) mass is 344 g/mol. The normalized spacial score (nSPS) is 15.5. The maximum atomic E-state index is 5.54. The summed E-state index contributed by atoms with van der Waals surface area (Å²) in [6.07, 6.45) is 2.07. The van der Waals surface area contributed by atoms with Gasteiger partial charge >= 0.3 is 0 Å². The van der Waals surface area contributed by atoms with Gasteiger partial charge in [0, 0.05) is 57.1 Å². The van der Waals surface area contributed by atoms with Crippen molar-refractivity contribution in [1.82, 2.24) is 20.0 Å². The highest BCUT2D eigenvalue weighted by Gasteiger charge is 2.14. The SMILES string of the molecule is COc1ccc(CNCc2cn(C)nc2C)cc1CN1CCOCC1. The molecule has 0 amide bonds. The van der Waals surface area contributed by atoms with E-state index in [1.165, 1.54) is 16.7 Å². The number of benzene rings is 1. The van der Waals surface area contributed by atoms with Crippen molar-refractivity contribution in [2.45, 2.75) is 26.6 Å². The first-order chi connectivity index (χ1) is 12.2. The number of nitrogens with zero attached hydrogens (tertiary/aromatic N) is 3. The van der Waals surface area contributed by atoms with Crippen molar-refractivity contribution < 1.29 is 9.47 Å². The fourth-order valence-electron chi connectivity index (χ4n) is 3.23. The lowest BCUT2D eigenvalue weighted by Gasteiger charge is -2.27. The number of rotatable bonds is 7. The standard InChI is InChI=1S/C19H28N4O2/c1-15-18(13-22(2)21-15)12-20-11-16-4-5-19(24-3)17(10-16)14-23-6-8-25-9-7-23/h4-5,10,13,20H,6-9,11-12,14H2,1-3H3. The van der Waals surface area contributed by atoms with Crippen LogP contribution in [0.3, 0.4) is 0 Å². The zero-order valence-corrected chi connectivity index (χ0v) is 15.4. The largest absolute Gasteiger partial charge is 0.496 e. The molecule has 0 atom stereocenters. The lowest BCUT2D eigenvalue weighted by molar-refractivity contribution is 0.0339. The third-order valence-corrected chi connectivity index (χ3v) is 4.60. The van der Waals surface area contributed by atoms with Crippen molar-refractivity contribution in [3.63, 3.8) is 0 Å². The second-order valence-electron chi connectivity index (χ2n) is 6.55. The van der Waals surface area contributed by atoms with Crippen LogP contribution in [0.4, 0.5) is 0 Å². The van der Waals surface area contributed by atoms with E-state index < -0.39 is 0 Å². The minimum Gasteiger partial charge on any atom is -0.496 e. The molecular weight excluding hydrogens is 316 g/mol. The fraction of sp³-hybridized carbons (Fsp3) is 0.526. The smallest absolute Gasteiger partial charge is 0.123 e. The van der Waals surface area contributed by atoms with Gasteiger partial charge in [-0.05, 0) is 24.6 Å². The molecule has 1 saturated heterocycles. The number of methoxy groups -OCH3 is 1. The molecule has 1 aliphatic heterocycles. The molecule has 1 N–H and O–H groups in total. The molecule has 0 unspecified atom stereocenters. The molecule has 0 saturated carbocycles. The van der Waals surface area contributed by atoms with Gasteiger partial charge in [0.15, 0.2) is 0 Å². The number of aromatic nitrogens is 2. The number of morpholine rings is 1. The Balaban J connectivity index is 1.61. The fourth-order valence-corrected chi connectivity index (χ4v) is 3.23. The predicted octanol–water partition coefficient (Wildman–Crippen LogP) is 1.86. The zero-order valence-electron chi connectivity index (χ0n) is 15.4. The Kier molecular flexibility index (Phi) is 6.07. The van der Waals surface area contributed by atoms with Crippen LogP contribution in [0.1, 0.15) is 22.4 Å². The van der Waals surface area contributed by atoms with Crippen molar-refractivity contribution in [3.8, 4) is 5.75 Å². The lowest BCUT2D eigenvalue weighted by Crippen LogP contribution is -2.35. The van der Waals surface area contributed by atoms with Crippen LogP contribution in [0, 0.1) is 6.92 Å². The summed E-state index contributed by atoms with van der Waals surface area (Å²) in [6.45, 7) is 8.19. The molecule has 1 aromatic heterocycles. The summed E-state index contributed by atoms with van der Waals surface area (Å²) >= 11 is 0. The topological polar surface area (TPSA) is 51.5 Å². The number of hydrogen-bond donors (Lipinski definition) is 1. The minimum absolute atomic E-state index is 0.814. The Morgan fingerprint density at radius 3 is 2.68 bits per heavy atom. The van der Waals surface area contributed by atoms with E-state index >= 15 is 0 Å². The molecule has 6 heteroatoms. The summed E-state index contributed by atoms with van der Waals surface area (Å²) in [5.74, 6) is 0.957. The summed E-state index contributed by atoms with van der Waals surface area (Å²) in [6, 6.07) is 6.45. The summed E-state index contributed by atoms with van der Waals surface area (Å²) in [5, 5.41) is 7.90. The Morgan fingerprint density at radius 1 is 1.20 bits per heavy atom. The van der Waals surface area contributed by atoms with Crippen molar-refractivity contribution in [2.24, 2.45) is 7.05 Å². The van der Waals surface area contributed by atoms with Gasteiger partial charge in [0.1, 0.15) is 5.75 Å². The molecule has 1 aromatic carbocycles. The van der Waals surface area contributed by atoms with Crippen LogP contribution >= 0.6 is 0 Å². The maximum absolute atomic E-state index is 5.54. The molecule has 6 nitrogen and oxygen atoms in total. The third kappa shape index (κ3) is 4.81. The molecule has 0 spiro atoms. The Morgan fingerprint density at radius 2 is 2.00 bits per heavy atom. The molecule has 3 rings (SSSR count). The molecule has 0 bridgehead atoms. The predicted molar refractivity (Wildman–Crippen MR) is 97.6 cm³/mol. The van der Waals surface area contributed by atoms with Gasteiger partial charge in [-0.25, -0.2) is 0 Å². The van der Waals surface area contributed by atoms with Crippen LogP contribution in [-0.2, 0) is 31.4 Å². The molecule has 2 aromatic rings. The molecule has 1 aliphatic rings. The zero-order chi connectivity index (χ0) is 17.6. The van der Waals surface area contributed by atoms with Crippen molar-refractivity contribution in [3.05, 3.63) is 46.8 Å². The summed E-state index contributed by atoms with van der Waals surface area (Å²) in [5.41, 5.74) is 4.83. The number of hydrogen-bond acceptors (Lipinski definition) is 5. The second-order valence-corrected chi connectivity index (χ2v) is 6.55. The Labute approximate surface area is 149 Å². The van der Waals surface area contributed by atoms with E-state index in [0.717, 1.165) is 57.4 Å². The van der Waals surface area contributed by atoms with Crippen LogP contribution in [0.25, 0.3) is 0 Å². The van der Waals surface area contributed by atoms with E-state index in [2.05, 4.69) is 39.7 Å². The lowest BCUT2D eigenvalue weighted by atomic mass is 10.1. The van der Waals surface area contributed by atoms with Gasteiger partial charge in [0.05, 0.1) is 26.0 Å². The molecular formula is C19H28N4O2. The average molecular weight is 344 g/mol. The first-order valence-corrected chi connectivity index (χ1v) is 8.81. The molecule has 0 aliphatic carbocycles. The van der Waals surface area contributed by atoms with Crippen molar-refractivity contribution in [1.29, 1.82) is 0 Å². The highest BCUT2D eigenvalue weighted by molar-refractivity contribution is 5.37. The van der Waals surface area contributed by atoms with Gasteiger partial charge in [-0.1, -0.05) is 6.07 Å². The van der Waals surface area contributed by atoms with Crippen LogP contribution in [-0.4, -0.2) is 48.1 Å². The van der Waals surface area contributed by atoms with Crippen molar-refractivity contribution in [2.75, 3.05) is 33.4 Å². The van der Waals surface area contributed by atoms with Crippen LogP contribution in [0.5, 0.6) is 5.75 Å². The van der Waals surface area contributed by atoms with Gasteiger partial charge < -0.3 is 14.8 Å². The average Bonchev–Trinajstić information content (AvgIpc) is 2.93. The van der Waals surface area contributed by atoms with E-state index in [1.807, 2.05) is 18.7 Å². The van der Waals surface area contributed by atoms with Gasteiger partial charge in [0.2, 0.25) is 0 Å². The minimum atomic E-state index is 0.814. The van der Waals surface area contributed by atoms with Gasteiger partial charge in [-0.15, -0.1) is 0 Å². The van der Waals surface area contributed by atoms with E-state index in [9.17, 15) is 0 Å². The number of nitrogens with one attached hydrogen (secondary N) is 1. The highest BCUT2D eigenvalue weighted by atomic mass is 16.5. The van der Waals surface area contributed by atoms with Gasteiger partial charge in [0.25, 0.3) is 0 Å². The highest BCUT2D eigenvalue weighted by Crippen LogP contribution is 2.22. The summed E-state index contributed by atoms with van der Waals surface area (Å²) in [7, 11) is 3.69. The van der Waals surface area contributed by atoms with Crippen molar-refractivity contribution >= 4 is 0 Å². The quantitative estimate of drug-likeness (QED) is 0.831. The Bertz CT molecular complexity index is 693. The summed E-state index contributed by atoms with van der Waals surface area (Å²) < 4.78 is 12.8. The van der Waals surface area contributed by atoms with E-state index in [-0.39, 0.29) is 0 Å². The van der Waals surface area contributed by atoms with Gasteiger partial charge in [-0.3, -0.25) is 9.58 Å². The third-order valence-electron chi connectivity index (χ3n) is 4.60. The first-order valence-electron chi connectivity index (χ1n) is 8.81. The maximum Gasteiger partial charge on any atom is 0.123 e. The summed E-state index contributed by atoms with van der Waals surface area (Å²) in [4.78, 5) is 2.41.